The van der Waals surface area contributed by atoms with Gasteiger partial charge in [-0.15, -0.1) is 0 Å². The van der Waals surface area contributed by atoms with Crippen molar-refractivity contribution >= 4 is 0 Å². The van der Waals surface area contributed by atoms with E-state index in [-0.39, 0.29) is 0 Å². The van der Waals surface area contributed by atoms with E-state index in [1.165, 1.54) is 33.4 Å². The Labute approximate surface area is 167 Å². The van der Waals surface area contributed by atoms with E-state index in [0.717, 1.165) is 17.9 Å². The maximum atomic E-state index is 6.02. The third-order valence-corrected chi connectivity index (χ3v) is 5.02. The Bertz CT molecular complexity index is 1030. The van der Waals surface area contributed by atoms with Gasteiger partial charge in [0.05, 0.1) is 0 Å². The third-order valence-electron chi connectivity index (χ3n) is 5.02. The van der Waals surface area contributed by atoms with E-state index in [9.17, 15) is 0 Å². The summed E-state index contributed by atoms with van der Waals surface area (Å²) in [6.45, 7) is 4.28. The lowest BCUT2D eigenvalue weighted by Crippen LogP contribution is -1.86. The maximum absolute atomic E-state index is 6.02. The molecule has 0 aliphatic heterocycles. The highest BCUT2D eigenvalue weighted by Crippen LogP contribution is 2.28. The van der Waals surface area contributed by atoms with Crippen molar-refractivity contribution in [3.05, 3.63) is 108 Å². The Balaban J connectivity index is 1.46. The molecule has 1 heteroatoms. The summed E-state index contributed by atoms with van der Waals surface area (Å²) < 4.78 is 6.02. The highest BCUT2D eigenvalue weighted by atomic mass is 16.5. The Morgan fingerprint density at radius 3 is 1.25 bits per heavy atom. The molecule has 0 saturated heterocycles. The second-order valence-electron chi connectivity index (χ2n) is 7.07. The standard InChI is InChI=1S/C27H24O/c1-3-21-6-10-23(11-7-21)25-14-18-27(19-15-25)28-26-16-12-24(13-17-26)22-8-4-20(2)5-9-22/h4-19H,3H2,1-2H3. The fourth-order valence-electron chi connectivity index (χ4n) is 3.25. The maximum Gasteiger partial charge on any atom is 0.127 e. The van der Waals surface area contributed by atoms with Crippen LogP contribution in [0.3, 0.4) is 0 Å². The first-order valence-corrected chi connectivity index (χ1v) is 9.75. The molecule has 0 saturated carbocycles. The van der Waals surface area contributed by atoms with Gasteiger partial charge in [0, 0.05) is 0 Å². The molecule has 0 fully saturated rings. The molecule has 0 amide bonds. The molecule has 0 unspecified atom stereocenters. The van der Waals surface area contributed by atoms with Gasteiger partial charge in [-0.1, -0.05) is 85.3 Å². The number of aryl methyl sites for hydroxylation is 2. The minimum Gasteiger partial charge on any atom is -0.457 e. The summed E-state index contributed by atoms with van der Waals surface area (Å²) in [4.78, 5) is 0. The summed E-state index contributed by atoms with van der Waals surface area (Å²) in [6.07, 6.45) is 1.07. The van der Waals surface area contributed by atoms with Crippen molar-refractivity contribution in [3.63, 3.8) is 0 Å². The monoisotopic (exact) mass is 364 g/mol. The van der Waals surface area contributed by atoms with Gasteiger partial charge in [0.2, 0.25) is 0 Å². The highest BCUT2D eigenvalue weighted by molar-refractivity contribution is 5.65. The predicted octanol–water partition coefficient (Wildman–Crippen LogP) is 7.68. The molecule has 0 bridgehead atoms. The zero-order valence-corrected chi connectivity index (χ0v) is 16.4. The van der Waals surface area contributed by atoms with Crippen molar-refractivity contribution in [2.75, 3.05) is 0 Å². The molecule has 0 aromatic heterocycles. The van der Waals surface area contributed by atoms with Gasteiger partial charge < -0.3 is 4.74 Å². The zero-order chi connectivity index (χ0) is 19.3. The van der Waals surface area contributed by atoms with Gasteiger partial charge in [-0.25, -0.2) is 0 Å². The topological polar surface area (TPSA) is 9.23 Å². The number of ether oxygens (including phenoxy) is 1. The summed E-state index contributed by atoms with van der Waals surface area (Å²) in [5.74, 6) is 1.69. The zero-order valence-electron chi connectivity index (χ0n) is 16.4. The number of hydrogen-bond donors (Lipinski definition) is 0. The van der Waals surface area contributed by atoms with Crippen LogP contribution in [0.5, 0.6) is 11.5 Å². The molecule has 0 atom stereocenters. The lowest BCUT2D eigenvalue weighted by molar-refractivity contribution is 0.483. The summed E-state index contributed by atoms with van der Waals surface area (Å²) >= 11 is 0. The molecule has 0 aliphatic carbocycles. The lowest BCUT2D eigenvalue weighted by Gasteiger charge is -2.09. The molecule has 138 valence electrons. The van der Waals surface area contributed by atoms with E-state index in [2.05, 4.69) is 86.6 Å². The first-order chi connectivity index (χ1) is 13.7. The van der Waals surface area contributed by atoms with Gasteiger partial charge in [0.25, 0.3) is 0 Å². The lowest BCUT2D eigenvalue weighted by atomic mass is 10.0. The highest BCUT2D eigenvalue weighted by Gasteiger charge is 2.02. The van der Waals surface area contributed by atoms with Gasteiger partial charge in [-0.2, -0.15) is 0 Å². The largest absolute Gasteiger partial charge is 0.457 e. The first-order valence-electron chi connectivity index (χ1n) is 9.75. The third kappa shape index (κ3) is 4.15. The Kier molecular flexibility index (Phi) is 5.25. The summed E-state index contributed by atoms with van der Waals surface area (Å²) in [7, 11) is 0. The Hall–Kier alpha value is -3.32. The van der Waals surface area contributed by atoms with E-state index in [0.29, 0.717) is 0 Å². The number of rotatable bonds is 5. The SMILES string of the molecule is CCc1ccc(-c2ccc(Oc3ccc(-c4ccc(C)cc4)cc3)cc2)cc1. The molecular weight excluding hydrogens is 340 g/mol. The van der Waals surface area contributed by atoms with Crippen molar-refractivity contribution in [2.24, 2.45) is 0 Å². The first kappa shape index (κ1) is 18.1. The van der Waals surface area contributed by atoms with Crippen LogP contribution in [0, 0.1) is 6.92 Å². The van der Waals surface area contributed by atoms with Crippen LogP contribution >= 0.6 is 0 Å². The van der Waals surface area contributed by atoms with Crippen molar-refractivity contribution in [1.29, 1.82) is 0 Å². The van der Waals surface area contributed by atoms with Crippen LogP contribution in [0.2, 0.25) is 0 Å². The van der Waals surface area contributed by atoms with Crippen molar-refractivity contribution in [3.8, 4) is 33.8 Å². The summed E-state index contributed by atoms with van der Waals surface area (Å²) in [5, 5.41) is 0. The molecule has 28 heavy (non-hydrogen) atoms. The molecular formula is C27H24O. The van der Waals surface area contributed by atoms with Crippen LogP contribution < -0.4 is 4.74 Å². The van der Waals surface area contributed by atoms with Crippen molar-refractivity contribution in [2.45, 2.75) is 20.3 Å². The minimum absolute atomic E-state index is 0.843. The number of hydrogen-bond acceptors (Lipinski definition) is 1. The van der Waals surface area contributed by atoms with Crippen LogP contribution in [-0.2, 0) is 6.42 Å². The van der Waals surface area contributed by atoms with Crippen LogP contribution in [0.15, 0.2) is 97.1 Å². The Morgan fingerprint density at radius 2 is 0.857 bits per heavy atom. The molecule has 0 aliphatic rings. The summed E-state index contributed by atoms with van der Waals surface area (Å²) in [6, 6.07) is 33.8. The fraction of sp³-hybridized carbons (Fsp3) is 0.111. The Morgan fingerprint density at radius 1 is 0.500 bits per heavy atom. The average molecular weight is 364 g/mol. The quantitative estimate of drug-likeness (QED) is 0.353. The normalized spacial score (nSPS) is 10.6. The summed E-state index contributed by atoms with van der Waals surface area (Å²) in [5.41, 5.74) is 7.47. The van der Waals surface area contributed by atoms with Crippen LogP contribution in [0.25, 0.3) is 22.3 Å². The molecule has 0 heterocycles. The molecule has 4 aromatic carbocycles. The van der Waals surface area contributed by atoms with Crippen molar-refractivity contribution < 1.29 is 4.74 Å². The van der Waals surface area contributed by atoms with Gasteiger partial charge in [-0.05, 0) is 65.4 Å². The van der Waals surface area contributed by atoms with Crippen molar-refractivity contribution in [1.82, 2.24) is 0 Å². The molecule has 0 N–H and O–H groups in total. The van der Waals surface area contributed by atoms with Gasteiger partial charge in [0.15, 0.2) is 0 Å². The predicted molar refractivity (Wildman–Crippen MR) is 118 cm³/mol. The minimum atomic E-state index is 0.843. The van der Waals surface area contributed by atoms with E-state index < -0.39 is 0 Å². The molecule has 1 nitrogen and oxygen atoms in total. The van der Waals surface area contributed by atoms with E-state index >= 15 is 0 Å². The second-order valence-corrected chi connectivity index (χ2v) is 7.07. The van der Waals surface area contributed by atoms with Gasteiger partial charge >= 0.3 is 0 Å². The van der Waals surface area contributed by atoms with Crippen LogP contribution in [0.1, 0.15) is 18.1 Å². The van der Waals surface area contributed by atoms with E-state index in [4.69, 9.17) is 4.74 Å². The molecule has 0 radical (unpaired) electrons. The number of benzene rings is 4. The van der Waals surface area contributed by atoms with Crippen LogP contribution in [0.4, 0.5) is 0 Å². The smallest absolute Gasteiger partial charge is 0.127 e. The average Bonchev–Trinajstić information content (AvgIpc) is 2.76. The molecule has 4 rings (SSSR count). The van der Waals surface area contributed by atoms with Gasteiger partial charge in [-0.3, -0.25) is 0 Å². The molecule has 4 aromatic rings. The van der Waals surface area contributed by atoms with Crippen LogP contribution in [-0.4, -0.2) is 0 Å². The fourth-order valence-corrected chi connectivity index (χ4v) is 3.25. The van der Waals surface area contributed by atoms with Gasteiger partial charge in [0.1, 0.15) is 11.5 Å². The van der Waals surface area contributed by atoms with E-state index in [1.54, 1.807) is 0 Å². The van der Waals surface area contributed by atoms with E-state index in [1.807, 2.05) is 24.3 Å². The molecule has 0 spiro atoms. The second kappa shape index (κ2) is 8.14.